The Morgan fingerprint density at radius 1 is 0.168 bits per heavy atom. The van der Waals surface area contributed by atoms with Gasteiger partial charge in [0, 0.05) is 86.6 Å². The van der Waals surface area contributed by atoms with Crippen molar-refractivity contribution in [1.29, 1.82) is 0 Å². The van der Waals surface area contributed by atoms with E-state index in [0.29, 0.717) is 0 Å². The van der Waals surface area contributed by atoms with Crippen LogP contribution < -0.4 is 0 Å². The topological polar surface area (TPSA) is 92.1 Å². The van der Waals surface area contributed by atoms with Gasteiger partial charge in [-0.3, -0.25) is 0 Å². The van der Waals surface area contributed by atoms with Gasteiger partial charge in [-0.25, -0.2) is 0 Å². The van der Waals surface area contributed by atoms with E-state index in [1.807, 2.05) is 219 Å². The van der Waals surface area contributed by atoms with Crippen LogP contribution in [0.25, 0.3) is 150 Å². The molecular formula is C102H69Ir2N9. The molecular weight excluding hydrogens is 1740 g/mol. The van der Waals surface area contributed by atoms with Crippen LogP contribution in [0.3, 0.4) is 0 Å². The molecule has 0 spiro atoms. The molecule has 113 heavy (non-hydrogen) atoms. The molecule has 0 radical (unpaired) electrons. The summed E-state index contributed by atoms with van der Waals surface area (Å²) in [6.07, 6.45) is 11.0. The maximum atomic E-state index is 4.54. The molecule has 9 heterocycles. The van der Waals surface area contributed by atoms with E-state index < -0.39 is 0 Å². The first-order chi connectivity index (χ1) is 55.1. The van der Waals surface area contributed by atoms with Crippen LogP contribution in [0, 0.1) is 36.4 Å². The predicted octanol–water partition coefficient (Wildman–Crippen LogP) is 24.6. The Morgan fingerprint density at radius 2 is 0.354 bits per heavy atom. The first-order valence-corrected chi connectivity index (χ1v) is 36.5. The van der Waals surface area contributed by atoms with Gasteiger partial charge in [0.1, 0.15) is 0 Å². The Hall–Kier alpha value is -13.8. The van der Waals surface area contributed by atoms with Gasteiger partial charge in [0.25, 0.3) is 0 Å². The van der Waals surface area contributed by atoms with Crippen molar-refractivity contribution in [2.45, 2.75) is 0 Å². The second-order valence-corrected chi connectivity index (χ2v) is 25.6. The van der Waals surface area contributed by atoms with Crippen molar-refractivity contribution in [3.8, 4) is 84.6 Å². The summed E-state index contributed by atoms with van der Waals surface area (Å²) in [4.78, 5) is 26.3. The minimum atomic E-state index is 0. The van der Waals surface area contributed by atoms with Crippen LogP contribution in [-0.4, -0.2) is 43.6 Å². The SMILES string of the molecule is [Ir+3].[Ir+3].[c-]1ccccc1-c1cc(-n2c3ccccc3c3ccccc32)ccn1.[c-]1ccccc1-c1cc(-n2c3ccccc3c3ccccc32)ccn1.[c-]1ccccc1-c1cc(-n2c3ccccc3c3ccccc32)ccn1.[c-]1ccccc1-c1ccccn1.[c-]1ccccc1-c1ccccn1.[c-]1ccccc1-c1ccccn1. The van der Waals surface area contributed by atoms with E-state index >= 15 is 0 Å². The van der Waals surface area contributed by atoms with Crippen molar-refractivity contribution >= 4 is 65.4 Å². The molecule has 0 fully saturated rings. The number of hydrogen-bond acceptors (Lipinski definition) is 6. The van der Waals surface area contributed by atoms with Gasteiger partial charge in [0.2, 0.25) is 0 Å². The zero-order valence-electron chi connectivity index (χ0n) is 61.0. The molecule has 540 valence electrons. The molecule has 0 unspecified atom stereocenters. The summed E-state index contributed by atoms with van der Waals surface area (Å²) in [6.45, 7) is 0. The summed E-state index contributed by atoms with van der Waals surface area (Å²) in [5, 5.41) is 7.60. The average Bonchev–Trinajstić information content (AvgIpc) is 1.61. The standard InChI is InChI=1S/3C23H15N2.3C11H8N.2Ir/c3*1-2-8-17(9-3-1)21-16-18(14-15-24-21)25-22-12-6-4-10-19(22)20-11-5-7-13-23(20)25;3*1-2-6-10(7-3-1)11-8-4-5-9-12-11;;/h3*1-8,10-16H;3*1-6,8-9H;;/q6*-1;2*+3. The molecule has 0 N–H and O–H groups in total. The van der Waals surface area contributed by atoms with Crippen LogP contribution in [-0.2, 0) is 40.2 Å². The van der Waals surface area contributed by atoms with Gasteiger partial charge in [-0.2, -0.15) is 0 Å². The molecule has 0 amide bonds. The normalized spacial score (nSPS) is 10.5. The van der Waals surface area contributed by atoms with Gasteiger partial charge in [0.15, 0.2) is 0 Å². The Labute approximate surface area is 684 Å². The molecule has 21 aromatic rings. The van der Waals surface area contributed by atoms with E-state index in [0.717, 1.165) is 84.6 Å². The van der Waals surface area contributed by atoms with Gasteiger partial charge in [-0.05, 0) is 107 Å². The fourth-order valence-corrected chi connectivity index (χ4v) is 13.6. The predicted molar refractivity (Wildman–Crippen MR) is 454 cm³/mol. The summed E-state index contributed by atoms with van der Waals surface area (Å²) < 4.78 is 6.91. The maximum absolute atomic E-state index is 4.54. The van der Waals surface area contributed by atoms with E-state index in [1.54, 1.807) is 18.6 Å². The van der Waals surface area contributed by atoms with E-state index in [2.05, 4.69) is 262 Å². The third-order valence-electron chi connectivity index (χ3n) is 18.7. The number of fused-ring (bicyclic) bond motifs is 9. The summed E-state index contributed by atoms with van der Waals surface area (Å²) >= 11 is 0. The number of benzene rings is 12. The van der Waals surface area contributed by atoms with Gasteiger partial charge in [-0.1, -0.05) is 164 Å². The van der Waals surface area contributed by atoms with E-state index in [1.165, 1.54) is 65.4 Å². The summed E-state index contributed by atoms with van der Waals surface area (Å²) in [6, 6.07) is 148. The maximum Gasteiger partial charge on any atom is 3.00 e. The van der Waals surface area contributed by atoms with Gasteiger partial charge < -0.3 is 43.6 Å². The summed E-state index contributed by atoms with van der Waals surface area (Å²) in [5.74, 6) is 0. The third kappa shape index (κ3) is 17.8. The van der Waals surface area contributed by atoms with E-state index in [9.17, 15) is 0 Å². The molecule has 9 aromatic heterocycles. The van der Waals surface area contributed by atoms with Crippen molar-refractivity contribution < 1.29 is 40.2 Å². The molecule has 9 nitrogen and oxygen atoms in total. The molecule has 0 aliphatic rings. The van der Waals surface area contributed by atoms with Crippen LogP contribution in [0.15, 0.2) is 419 Å². The first-order valence-electron chi connectivity index (χ1n) is 36.5. The fourth-order valence-electron chi connectivity index (χ4n) is 13.6. The quantitative estimate of drug-likeness (QED) is 0.134. The molecule has 12 aromatic carbocycles. The third-order valence-corrected chi connectivity index (χ3v) is 18.7. The average molecular weight is 1810 g/mol. The van der Waals surface area contributed by atoms with Crippen LogP contribution in [0.2, 0.25) is 0 Å². The van der Waals surface area contributed by atoms with Crippen molar-refractivity contribution in [2.24, 2.45) is 0 Å². The number of nitrogens with zero attached hydrogens (tertiary/aromatic N) is 9. The van der Waals surface area contributed by atoms with Gasteiger partial charge in [0.05, 0.1) is 33.1 Å². The zero-order valence-corrected chi connectivity index (χ0v) is 65.8. The molecule has 0 atom stereocenters. The van der Waals surface area contributed by atoms with Crippen molar-refractivity contribution in [3.63, 3.8) is 0 Å². The van der Waals surface area contributed by atoms with Crippen LogP contribution >= 0.6 is 0 Å². The molecule has 0 saturated heterocycles. The summed E-state index contributed by atoms with van der Waals surface area (Å²) in [5.41, 5.74) is 22.4. The van der Waals surface area contributed by atoms with Crippen LogP contribution in [0.4, 0.5) is 0 Å². The van der Waals surface area contributed by atoms with Gasteiger partial charge in [-0.15, -0.1) is 215 Å². The molecule has 21 rings (SSSR count). The van der Waals surface area contributed by atoms with Gasteiger partial charge >= 0.3 is 40.2 Å². The van der Waals surface area contributed by atoms with Crippen molar-refractivity contribution in [1.82, 2.24) is 43.6 Å². The number of pyridine rings is 6. The van der Waals surface area contributed by atoms with Crippen molar-refractivity contribution in [3.05, 3.63) is 456 Å². The zero-order chi connectivity index (χ0) is 74.6. The number of rotatable bonds is 9. The smallest absolute Gasteiger partial charge is 0.310 e. The monoisotopic (exact) mass is 1810 g/mol. The largest absolute Gasteiger partial charge is 3.00 e. The molecule has 0 aliphatic heterocycles. The van der Waals surface area contributed by atoms with Crippen LogP contribution in [0.5, 0.6) is 0 Å². The number of aromatic nitrogens is 9. The van der Waals surface area contributed by atoms with Crippen molar-refractivity contribution in [2.75, 3.05) is 0 Å². The molecule has 11 heteroatoms. The molecule has 0 bridgehead atoms. The Kier molecular flexibility index (Phi) is 25.3. The molecule has 0 aliphatic carbocycles. The Morgan fingerprint density at radius 3 is 0.549 bits per heavy atom. The Balaban J connectivity index is 0.000000115. The fraction of sp³-hybridized carbons (Fsp3) is 0. The first kappa shape index (κ1) is 76.0. The second-order valence-electron chi connectivity index (χ2n) is 25.6. The minimum absolute atomic E-state index is 0. The van der Waals surface area contributed by atoms with Crippen LogP contribution in [0.1, 0.15) is 0 Å². The van der Waals surface area contributed by atoms with E-state index in [4.69, 9.17) is 0 Å². The second kappa shape index (κ2) is 37.6. The van der Waals surface area contributed by atoms with E-state index in [-0.39, 0.29) is 40.2 Å². The Bertz CT molecular complexity index is 5650. The molecule has 0 saturated carbocycles. The minimum Gasteiger partial charge on any atom is -0.310 e. The summed E-state index contributed by atoms with van der Waals surface area (Å²) in [7, 11) is 0. The number of para-hydroxylation sites is 6. The number of hydrogen-bond donors (Lipinski definition) is 0.